The van der Waals surface area contributed by atoms with Crippen molar-refractivity contribution in [1.29, 1.82) is 0 Å². The Balaban J connectivity index is 2.70. The van der Waals surface area contributed by atoms with E-state index in [0.29, 0.717) is 0 Å². The molecule has 80 valence electrons. The molecule has 2 rings (SSSR count). The van der Waals surface area contributed by atoms with E-state index in [-0.39, 0.29) is 16.1 Å². The van der Waals surface area contributed by atoms with Crippen LogP contribution in [0.5, 0.6) is 0 Å². The van der Waals surface area contributed by atoms with Crippen molar-refractivity contribution >= 4 is 18.3 Å². The first-order chi connectivity index (χ1) is 11.0. The van der Waals surface area contributed by atoms with Gasteiger partial charge < -0.3 is 14.9 Å². The lowest BCUT2D eigenvalue weighted by Gasteiger charge is -2.28. The highest BCUT2D eigenvalue weighted by atomic mass is 16.4. The molecule has 1 aliphatic rings. The smallest absolute Gasteiger partial charge is 0.423 e. The number of hydrogen-bond acceptors (Lipinski definition) is 3. The Bertz CT molecular complexity index is 633. The van der Waals surface area contributed by atoms with Crippen molar-refractivity contribution in [2.24, 2.45) is 0 Å². The molecule has 1 saturated heterocycles. The summed E-state index contributed by atoms with van der Waals surface area (Å²) in [6, 6.07) is 4.44. The van der Waals surface area contributed by atoms with Gasteiger partial charge in [0, 0.05) is 32.4 Å². The molecule has 0 spiro atoms. The summed E-state index contributed by atoms with van der Waals surface area (Å²) in [4.78, 5) is 0.217. The normalized spacial score (nSPS) is 43.2. The van der Waals surface area contributed by atoms with E-state index in [2.05, 4.69) is 0 Å². The van der Waals surface area contributed by atoms with Gasteiger partial charge in [-0.1, -0.05) is 12.1 Å². The molecule has 1 fully saturated rings. The predicted octanol–water partition coefficient (Wildman–Crippen LogP) is 0.357. The van der Waals surface area contributed by atoms with E-state index < -0.39 is 39.2 Å². The molecule has 0 unspecified atom stereocenters. The van der Waals surface area contributed by atoms with Gasteiger partial charge in [0.05, 0.1) is 0 Å². The molecular weight excluding hydrogens is 189 g/mol. The molecule has 15 heavy (non-hydrogen) atoms. The van der Waals surface area contributed by atoms with Crippen molar-refractivity contribution in [1.82, 2.24) is 0 Å². The van der Waals surface area contributed by atoms with Crippen LogP contribution in [0.2, 0.25) is 0 Å². The van der Waals surface area contributed by atoms with E-state index in [1.54, 1.807) is 0 Å². The highest BCUT2D eigenvalue weighted by Gasteiger charge is 2.13. The molecule has 0 bridgehead atoms. The number of hydrogen-bond donors (Lipinski definition) is 2. The zero-order valence-corrected chi connectivity index (χ0v) is 7.73. The minimum absolute atomic E-state index is 0.0169. The van der Waals surface area contributed by atoms with Crippen LogP contribution < -0.4 is 10.4 Å². The fourth-order valence-corrected chi connectivity index (χ4v) is 1.15. The molecule has 3 nitrogen and oxygen atoms in total. The molecule has 0 atom stereocenters. The minimum Gasteiger partial charge on any atom is -0.423 e. The number of benzene rings is 1. The zero-order chi connectivity index (χ0) is 19.6. The van der Waals surface area contributed by atoms with Crippen LogP contribution in [0.15, 0.2) is 24.3 Å². The average molecular weight is 215 g/mol. The van der Waals surface area contributed by atoms with E-state index in [1.807, 2.05) is 0 Å². The second-order valence-corrected chi connectivity index (χ2v) is 2.90. The summed E-state index contributed by atoms with van der Waals surface area (Å²) in [6.07, 6.45) is -10.3. The Labute approximate surface area is 105 Å². The van der Waals surface area contributed by atoms with Crippen LogP contribution in [0.1, 0.15) is 32.8 Å². The maximum Gasteiger partial charge on any atom is 0.488 e. The first-order valence-electron chi connectivity index (χ1n) is 9.30. The second-order valence-electron chi connectivity index (χ2n) is 2.90. The van der Waals surface area contributed by atoms with E-state index in [4.69, 9.17) is 23.8 Å². The summed E-state index contributed by atoms with van der Waals surface area (Å²) < 4.78 is 78.9. The Kier molecular flexibility index (Phi) is 1.18. The number of rotatable bonds is 2. The summed E-state index contributed by atoms with van der Waals surface area (Å²) in [6.45, 7) is -6.49. The topological polar surface area (TPSA) is 43.7 Å². The van der Waals surface area contributed by atoms with Gasteiger partial charge in [0.15, 0.2) is 0 Å². The Hall–Kier alpha value is -0.995. The maximum absolute atomic E-state index is 9.09. The number of nitrogens with zero attached hydrogens (tertiary/aromatic N) is 1. The van der Waals surface area contributed by atoms with Gasteiger partial charge in [0.2, 0.25) is 0 Å². The van der Waals surface area contributed by atoms with Crippen LogP contribution in [0.25, 0.3) is 0 Å². The van der Waals surface area contributed by atoms with Crippen molar-refractivity contribution < 1.29 is 23.8 Å². The largest absolute Gasteiger partial charge is 0.488 e. The molecule has 0 amide bonds. The van der Waals surface area contributed by atoms with Crippen LogP contribution in [-0.4, -0.2) is 30.2 Å². The Morgan fingerprint density at radius 3 is 2.20 bits per heavy atom. The monoisotopic (exact) mass is 215 g/mol. The summed E-state index contributed by atoms with van der Waals surface area (Å²) in [5.41, 5.74) is -0.258. The predicted molar refractivity (Wildman–Crippen MR) is 62.3 cm³/mol. The van der Waals surface area contributed by atoms with Gasteiger partial charge in [-0.25, -0.2) is 0 Å². The number of anilines is 1. The van der Waals surface area contributed by atoms with Gasteiger partial charge in [-0.05, 0) is 36.7 Å². The van der Waals surface area contributed by atoms with Crippen LogP contribution in [-0.2, 0) is 0 Å². The first kappa shape index (κ1) is 3.79. The summed E-state index contributed by atoms with van der Waals surface area (Å²) in [5, 5.41) is 18.2. The first-order valence-corrected chi connectivity index (χ1v) is 4.30. The number of piperidine rings is 1. The molecule has 1 aromatic carbocycles. The van der Waals surface area contributed by atoms with Crippen molar-refractivity contribution in [2.45, 2.75) is 19.1 Å². The molecule has 0 aliphatic carbocycles. The molecule has 2 N–H and O–H groups in total. The van der Waals surface area contributed by atoms with Crippen LogP contribution in [0.4, 0.5) is 5.69 Å². The Morgan fingerprint density at radius 2 is 1.67 bits per heavy atom. The summed E-state index contributed by atoms with van der Waals surface area (Å²) >= 11 is 0. The van der Waals surface area contributed by atoms with Crippen LogP contribution >= 0.6 is 0 Å². The second kappa shape index (κ2) is 4.68. The third kappa shape index (κ3) is 2.52. The third-order valence-corrected chi connectivity index (χ3v) is 1.91. The molecule has 0 aromatic heterocycles. The van der Waals surface area contributed by atoms with Gasteiger partial charge in [-0.15, -0.1) is 0 Å². The molecular formula is C11H16BNO2. The fourth-order valence-electron chi connectivity index (χ4n) is 1.15. The standard InChI is InChI=1S/C11H16BNO2/c14-12(15)10-4-6-11(7-5-10)13-8-2-1-3-9-13/h4-7,14-15H,1-3,8-9H2/i1D2,2D2,3D2,8D2,9D2. The van der Waals surface area contributed by atoms with Crippen molar-refractivity contribution in [2.75, 3.05) is 17.9 Å². The summed E-state index contributed by atoms with van der Waals surface area (Å²) in [5.74, 6) is 0. The molecule has 0 saturated carbocycles. The molecule has 1 heterocycles. The van der Waals surface area contributed by atoms with E-state index >= 15 is 0 Å². The zero-order valence-electron chi connectivity index (χ0n) is 17.7. The molecule has 0 radical (unpaired) electrons. The van der Waals surface area contributed by atoms with Gasteiger partial charge in [0.1, 0.15) is 0 Å². The quantitative estimate of drug-likeness (QED) is 0.700. The van der Waals surface area contributed by atoms with Gasteiger partial charge in [-0.3, -0.25) is 0 Å². The summed E-state index contributed by atoms with van der Waals surface area (Å²) in [7, 11) is -1.82. The van der Waals surface area contributed by atoms with Crippen LogP contribution in [0.3, 0.4) is 0 Å². The van der Waals surface area contributed by atoms with E-state index in [1.165, 1.54) is 0 Å². The maximum atomic E-state index is 9.09. The lowest BCUT2D eigenvalue weighted by Crippen LogP contribution is -2.32. The lowest BCUT2D eigenvalue weighted by molar-refractivity contribution is 0.426. The van der Waals surface area contributed by atoms with Crippen molar-refractivity contribution in [3.63, 3.8) is 0 Å². The van der Waals surface area contributed by atoms with Crippen LogP contribution in [0, 0.1) is 0 Å². The van der Waals surface area contributed by atoms with Gasteiger partial charge in [-0.2, -0.15) is 0 Å². The molecule has 1 aromatic rings. The fraction of sp³-hybridized carbons (Fsp3) is 0.455. The average Bonchev–Trinajstić information content (AvgIpc) is 2.45. The highest BCUT2D eigenvalue weighted by Crippen LogP contribution is 2.18. The lowest BCUT2D eigenvalue weighted by atomic mass is 9.80. The Morgan fingerprint density at radius 1 is 1.07 bits per heavy atom. The molecule has 4 heteroatoms. The van der Waals surface area contributed by atoms with E-state index in [0.717, 1.165) is 24.3 Å². The molecule has 1 aliphatic heterocycles. The van der Waals surface area contributed by atoms with Crippen molar-refractivity contribution in [3.8, 4) is 0 Å². The van der Waals surface area contributed by atoms with E-state index in [9.17, 15) is 0 Å². The SMILES string of the molecule is [2H]C1([2H])N(c2ccc(B(O)O)cc2)C([2H])([2H])C([2H])([2H])C([2H])([2H])C1([2H])[2H]. The minimum atomic E-state index is -3.47. The van der Waals surface area contributed by atoms with Crippen molar-refractivity contribution in [3.05, 3.63) is 24.3 Å². The van der Waals surface area contributed by atoms with Gasteiger partial charge in [0.25, 0.3) is 0 Å². The third-order valence-electron chi connectivity index (χ3n) is 1.91. The van der Waals surface area contributed by atoms with Gasteiger partial charge >= 0.3 is 7.12 Å². The highest BCUT2D eigenvalue weighted by molar-refractivity contribution is 6.58.